The molecule has 2 aromatic rings. The number of oxazole rings is 1. The van der Waals surface area contributed by atoms with Gasteiger partial charge in [-0.05, 0) is 18.6 Å². The molecule has 116 valence electrons. The predicted molar refractivity (Wildman–Crippen MR) is 81.7 cm³/mol. The number of hydrogen-bond acceptors (Lipinski definition) is 5. The molecular weight excluding hydrogens is 282 g/mol. The number of amides is 1. The summed E-state index contributed by atoms with van der Waals surface area (Å²) in [6, 6.07) is 8.41. The van der Waals surface area contributed by atoms with E-state index >= 15 is 0 Å². The van der Waals surface area contributed by atoms with Gasteiger partial charge in [0.25, 0.3) is 6.01 Å². The average molecular weight is 301 g/mol. The summed E-state index contributed by atoms with van der Waals surface area (Å²) < 4.78 is 11.1. The number of benzene rings is 1. The second kappa shape index (κ2) is 5.61. The largest absolute Gasteiger partial charge is 0.423 e. The van der Waals surface area contributed by atoms with Crippen LogP contribution in [0.2, 0.25) is 0 Å². The quantitative estimate of drug-likeness (QED) is 0.841. The monoisotopic (exact) mass is 301 g/mol. The zero-order chi connectivity index (χ0) is 14.9. The topological polar surface area (TPSA) is 58.8 Å². The van der Waals surface area contributed by atoms with Crippen molar-refractivity contribution in [2.75, 3.05) is 44.3 Å². The Balaban J connectivity index is 1.41. The molecule has 2 aliphatic rings. The van der Waals surface area contributed by atoms with Crippen molar-refractivity contribution in [1.29, 1.82) is 0 Å². The van der Waals surface area contributed by atoms with E-state index in [0.29, 0.717) is 32.3 Å². The minimum Gasteiger partial charge on any atom is -0.423 e. The summed E-state index contributed by atoms with van der Waals surface area (Å²) in [5, 5.41) is 0. The first-order valence-corrected chi connectivity index (χ1v) is 7.78. The van der Waals surface area contributed by atoms with Gasteiger partial charge in [-0.15, -0.1) is 0 Å². The highest BCUT2D eigenvalue weighted by atomic mass is 16.5. The number of aromatic nitrogens is 1. The third-order valence-electron chi connectivity index (χ3n) is 4.42. The molecule has 4 rings (SSSR count). The van der Waals surface area contributed by atoms with Gasteiger partial charge in [-0.1, -0.05) is 12.1 Å². The molecule has 3 heterocycles. The Bertz CT molecular complexity index is 637. The van der Waals surface area contributed by atoms with Crippen LogP contribution in [0, 0.1) is 5.92 Å². The molecule has 2 saturated heterocycles. The van der Waals surface area contributed by atoms with Gasteiger partial charge in [-0.2, -0.15) is 4.98 Å². The molecule has 2 fully saturated rings. The molecule has 1 amide bonds. The van der Waals surface area contributed by atoms with E-state index in [-0.39, 0.29) is 11.8 Å². The van der Waals surface area contributed by atoms with Crippen molar-refractivity contribution in [3.63, 3.8) is 0 Å². The first-order chi connectivity index (χ1) is 10.8. The number of carbonyl (C=O) groups excluding carboxylic acids is 1. The molecule has 0 aliphatic carbocycles. The Morgan fingerprint density at radius 3 is 2.73 bits per heavy atom. The van der Waals surface area contributed by atoms with Crippen LogP contribution in [0.15, 0.2) is 28.7 Å². The number of hydrogen-bond donors (Lipinski definition) is 0. The summed E-state index contributed by atoms with van der Waals surface area (Å²) >= 11 is 0. The third kappa shape index (κ3) is 2.43. The van der Waals surface area contributed by atoms with E-state index in [4.69, 9.17) is 9.15 Å². The van der Waals surface area contributed by atoms with Crippen LogP contribution in [-0.2, 0) is 9.53 Å². The van der Waals surface area contributed by atoms with Crippen LogP contribution in [0.4, 0.5) is 6.01 Å². The molecule has 1 aromatic heterocycles. The van der Waals surface area contributed by atoms with Crippen molar-refractivity contribution in [2.45, 2.75) is 6.42 Å². The first kappa shape index (κ1) is 13.6. The Hall–Kier alpha value is -2.08. The molecule has 0 spiro atoms. The van der Waals surface area contributed by atoms with E-state index in [1.807, 2.05) is 29.2 Å². The standard InChI is InChI=1S/C16H19N3O3/c20-15(12-5-10-21-11-12)18-6-8-19(9-7-18)16-17-13-3-1-2-4-14(13)22-16/h1-4,12H,5-11H2/t12-/m0/s1. The normalized spacial score (nSPS) is 22.5. The highest BCUT2D eigenvalue weighted by molar-refractivity contribution is 5.79. The van der Waals surface area contributed by atoms with Crippen LogP contribution < -0.4 is 4.90 Å². The number of fused-ring (bicyclic) bond motifs is 1. The summed E-state index contributed by atoms with van der Waals surface area (Å²) in [7, 11) is 0. The molecule has 1 aromatic carbocycles. The maximum Gasteiger partial charge on any atom is 0.298 e. The summed E-state index contributed by atoms with van der Waals surface area (Å²) in [4.78, 5) is 20.9. The van der Waals surface area contributed by atoms with Crippen molar-refractivity contribution in [3.05, 3.63) is 24.3 Å². The van der Waals surface area contributed by atoms with Crippen molar-refractivity contribution >= 4 is 23.0 Å². The van der Waals surface area contributed by atoms with E-state index in [1.54, 1.807) is 0 Å². The maximum absolute atomic E-state index is 12.4. The van der Waals surface area contributed by atoms with Gasteiger partial charge in [-0.25, -0.2) is 0 Å². The van der Waals surface area contributed by atoms with Crippen LogP contribution in [-0.4, -0.2) is 55.2 Å². The fourth-order valence-electron chi connectivity index (χ4n) is 3.10. The zero-order valence-corrected chi connectivity index (χ0v) is 12.4. The first-order valence-electron chi connectivity index (χ1n) is 7.78. The highest BCUT2D eigenvalue weighted by Crippen LogP contribution is 2.23. The Morgan fingerprint density at radius 1 is 1.18 bits per heavy atom. The second-order valence-electron chi connectivity index (χ2n) is 5.84. The smallest absolute Gasteiger partial charge is 0.298 e. The predicted octanol–water partition coefficient (Wildman–Crippen LogP) is 1.51. The van der Waals surface area contributed by atoms with E-state index in [0.717, 1.165) is 30.6 Å². The fourth-order valence-corrected chi connectivity index (χ4v) is 3.10. The molecule has 0 unspecified atom stereocenters. The highest BCUT2D eigenvalue weighted by Gasteiger charge is 2.30. The van der Waals surface area contributed by atoms with Gasteiger partial charge >= 0.3 is 0 Å². The van der Waals surface area contributed by atoms with Crippen LogP contribution in [0.25, 0.3) is 11.1 Å². The van der Waals surface area contributed by atoms with E-state index in [1.165, 1.54) is 0 Å². The van der Waals surface area contributed by atoms with Crippen LogP contribution in [0.5, 0.6) is 0 Å². The molecule has 1 atom stereocenters. The molecule has 0 bridgehead atoms. The van der Waals surface area contributed by atoms with Crippen molar-refractivity contribution in [3.8, 4) is 0 Å². The molecule has 2 aliphatic heterocycles. The minimum atomic E-state index is 0.0517. The molecule has 6 heteroatoms. The van der Waals surface area contributed by atoms with E-state index < -0.39 is 0 Å². The summed E-state index contributed by atoms with van der Waals surface area (Å²) in [6.07, 6.45) is 0.851. The zero-order valence-electron chi connectivity index (χ0n) is 12.4. The van der Waals surface area contributed by atoms with Gasteiger partial charge in [-0.3, -0.25) is 4.79 Å². The van der Waals surface area contributed by atoms with Crippen LogP contribution >= 0.6 is 0 Å². The van der Waals surface area contributed by atoms with E-state index in [9.17, 15) is 4.79 Å². The molecular formula is C16H19N3O3. The number of rotatable bonds is 2. The lowest BCUT2D eigenvalue weighted by molar-refractivity contribution is -0.135. The van der Waals surface area contributed by atoms with Crippen molar-refractivity contribution < 1.29 is 13.9 Å². The van der Waals surface area contributed by atoms with Crippen LogP contribution in [0.3, 0.4) is 0 Å². The lowest BCUT2D eigenvalue weighted by Gasteiger charge is -2.34. The minimum absolute atomic E-state index is 0.0517. The maximum atomic E-state index is 12.4. The number of carbonyl (C=O) groups is 1. The molecule has 22 heavy (non-hydrogen) atoms. The van der Waals surface area contributed by atoms with Crippen LogP contribution in [0.1, 0.15) is 6.42 Å². The number of para-hydroxylation sites is 2. The summed E-state index contributed by atoms with van der Waals surface area (Å²) in [5.41, 5.74) is 1.68. The molecule has 0 N–H and O–H groups in total. The lowest BCUT2D eigenvalue weighted by atomic mass is 10.1. The average Bonchev–Trinajstić information content (AvgIpc) is 3.23. The Kier molecular flexibility index (Phi) is 3.46. The Morgan fingerprint density at radius 2 is 2.00 bits per heavy atom. The SMILES string of the molecule is O=C([C@H]1CCOC1)N1CCN(c2nc3ccccc3o2)CC1. The lowest BCUT2D eigenvalue weighted by Crippen LogP contribution is -2.50. The van der Waals surface area contributed by atoms with Gasteiger partial charge in [0.1, 0.15) is 5.52 Å². The molecule has 6 nitrogen and oxygen atoms in total. The number of nitrogens with zero attached hydrogens (tertiary/aromatic N) is 3. The molecule has 0 saturated carbocycles. The van der Waals surface area contributed by atoms with E-state index in [2.05, 4.69) is 9.88 Å². The summed E-state index contributed by atoms with van der Waals surface area (Å²) in [5.74, 6) is 0.283. The van der Waals surface area contributed by atoms with Crippen molar-refractivity contribution in [1.82, 2.24) is 9.88 Å². The Labute approximate surface area is 128 Å². The molecule has 0 radical (unpaired) electrons. The van der Waals surface area contributed by atoms with Gasteiger partial charge in [0.05, 0.1) is 12.5 Å². The van der Waals surface area contributed by atoms with Gasteiger partial charge in [0.2, 0.25) is 5.91 Å². The van der Waals surface area contributed by atoms with Gasteiger partial charge in [0.15, 0.2) is 5.58 Å². The van der Waals surface area contributed by atoms with Crippen molar-refractivity contribution in [2.24, 2.45) is 5.92 Å². The van der Waals surface area contributed by atoms with Gasteiger partial charge in [0, 0.05) is 32.8 Å². The fraction of sp³-hybridized carbons (Fsp3) is 0.500. The number of piperazine rings is 1. The third-order valence-corrected chi connectivity index (χ3v) is 4.42. The second-order valence-corrected chi connectivity index (χ2v) is 5.84. The summed E-state index contributed by atoms with van der Waals surface area (Å²) in [6.45, 7) is 4.23. The number of ether oxygens (including phenoxy) is 1. The van der Waals surface area contributed by atoms with Gasteiger partial charge < -0.3 is 19.0 Å². The number of anilines is 1.